The lowest BCUT2D eigenvalue weighted by molar-refractivity contribution is 0.805. The predicted octanol–water partition coefficient (Wildman–Crippen LogP) is 14.2. The summed E-state index contributed by atoms with van der Waals surface area (Å²) in [5.74, 6) is 0.824. The number of hydrogen-bond donors (Lipinski definition) is 1. The number of nitrogens with zero attached hydrogens (tertiary/aromatic N) is 2. The van der Waals surface area contributed by atoms with Crippen LogP contribution in [-0.4, -0.2) is 16.6 Å². The average Bonchev–Trinajstić information content (AvgIpc) is 3.85. The van der Waals surface area contributed by atoms with E-state index in [1.165, 1.54) is 90.7 Å². The average molecular weight is 756 g/mol. The normalized spacial score (nSPS) is 15.4. The summed E-state index contributed by atoms with van der Waals surface area (Å²) in [6.07, 6.45) is 8.69. The topological polar surface area (TPSA) is 29.3 Å². The van der Waals surface area contributed by atoms with Crippen LogP contribution in [0.25, 0.3) is 102 Å². The molecule has 11 aromatic rings. The van der Waals surface area contributed by atoms with Crippen LogP contribution in [0.1, 0.15) is 5.56 Å². The molecular formula is C54H33N3S. The number of aromatic nitrogens is 1. The van der Waals surface area contributed by atoms with E-state index in [2.05, 4.69) is 198 Å². The van der Waals surface area contributed by atoms with Crippen LogP contribution in [0.2, 0.25) is 0 Å². The van der Waals surface area contributed by atoms with E-state index >= 15 is 0 Å². The van der Waals surface area contributed by atoms with E-state index in [0.717, 1.165) is 28.3 Å². The Balaban J connectivity index is 1.21. The number of hydrogen-bond acceptors (Lipinski definition) is 3. The highest BCUT2D eigenvalue weighted by Gasteiger charge is 2.29. The first kappa shape index (κ1) is 31.9. The van der Waals surface area contributed by atoms with Gasteiger partial charge in [0.2, 0.25) is 5.96 Å². The van der Waals surface area contributed by atoms with Crippen LogP contribution in [0.4, 0.5) is 0 Å². The van der Waals surface area contributed by atoms with Gasteiger partial charge in [0, 0.05) is 52.9 Å². The summed E-state index contributed by atoms with van der Waals surface area (Å²) >= 11 is 1.87. The number of benzene rings is 9. The van der Waals surface area contributed by atoms with Crippen LogP contribution in [0, 0.1) is 0 Å². The standard InChI is InChI=1S/C54H33N3S/c1-2-15-33(16-3-1)52-41-23-10-12-24-45(41)55-54(56-52)57-46-28-26-32-14-4-5-17-35(32)50(46)51-49-39-21-8-6-18-36(39)42(31-44(49)37-19-7-9-22-40(37)53(51)57)34-27-29-48-43(30-34)38-20-11-13-25-47(38)58-48/h1-31,45H,(H,55,56). The van der Waals surface area contributed by atoms with Gasteiger partial charge in [-0.25, -0.2) is 4.99 Å². The number of rotatable bonds is 2. The molecule has 0 radical (unpaired) electrons. The maximum absolute atomic E-state index is 5.57. The number of allylic oxidation sites excluding steroid dienone is 2. The molecule has 1 aliphatic carbocycles. The molecule has 0 saturated carbocycles. The Labute approximate surface area is 337 Å². The molecule has 2 aromatic heterocycles. The van der Waals surface area contributed by atoms with E-state index in [4.69, 9.17) is 4.99 Å². The molecule has 13 rings (SSSR count). The Morgan fingerprint density at radius 2 is 1.22 bits per heavy atom. The van der Waals surface area contributed by atoms with Crippen molar-refractivity contribution in [3.05, 3.63) is 199 Å². The van der Waals surface area contributed by atoms with Gasteiger partial charge in [-0.3, -0.25) is 4.57 Å². The van der Waals surface area contributed by atoms with Crippen LogP contribution in [-0.2, 0) is 0 Å². The van der Waals surface area contributed by atoms with Crippen molar-refractivity contribution >= 4 is 108 Å². The van der Waals surface area contributed by atoms with Crippen molar-refractivity contribution < 1.29 is 0 Å². The maximum atomic E-state index is 5.57. The van der Waals surface area contributed by atoms with Crippen molar-refractivity contribution in [2.24, 2.45) is 4.99 Å². The number of thiophene rings is 1. The highest BCUT2D eigenvalue weighted by atomic mass is 32.1. The first-order chi connectivity index (χ1) is 28.8. The predicted molar refractivity (Wildman–Crippen MR) is 249 cm³/mol. The first-order valence-corrected chi connectivity index (χ1v) is 20.7. The molecule has 0 bridgehead atoms. The van der Waals surface area contributed by atoms with E-state index in [9.17, 15) is 0 Å². The summed E-state index contributed by atoms with van der Waals surface area (Å²) in [6.45, 7) is 0. The second kappa shape index (κ2) is 12.1. The number of fused-ring (bicyclic) bond motifs is 16. The van der Waals surface area contributed by atoms with E-state index in [1.807, 2.05) is 11.3 Å². The fourth-order valence-corrected chi connectivity index (χ4v) is 11.0. The number of aliphatic imine (C=N–C) groups is 1. The van der Waals surface area contributed by atoms with Gasteiger partial charge in [0.15, 0.2) is 0 Å². The van der Waals surface area contributed by atoms with Gasteiger partial charge in [-0.2, -0.15) is 0 Å². The first-order valence-electron chi connectivity index (χ1n) is 19.9. The monoisotopic (exact) mass is 755 g/mol. The minimum atomic E-state index is -0.0199. The molecule has 3 nitrogen and oxygen atoms in total. The van der Waals surface area contributed by atoms with Crippen LogP contribution in [0.15, 0.2) is 199 Å². The zero-order chi connectivity index (χ0) is 37.9. The van der Waals surface area contributed by atoms with Crippen molar-refractivity contribution in [3.63, 3.8) is 0 Å². The third-order valence-corrected chi connectivity index (χ3v) is 13.5. The van der Waals surface area contributed by atoms with E-state index in [0.29, 0.717) is 0 Å². The van der Waals surface area contributed by atoms with Crippen LogP contribution < -0.4 is 5.32 Å². The van der Waals surface area contributed by atoms with Crippen molar-refractivity contribution in [3.8, 4) is 11.1 Å². The van der Waals surface area contributed by atoms with Gasteiger partial charge in [0.25, 0.3) is 0 Å². The summed E-state index contributed by atoms with van der Waals surface area (Å²) in [4.78, 5) is 5.57. The lowest BCUT2D eigenvalue weighted by Crippen LogP contribution is -2.42. The summed E-state index contributed by atoms with van der Waals surface area (Å²) in [6, 6.07) is 60.3. The summed E-state index contributed by atoms with van der Waals surface area (Å²) in [5.41, 5.74) is 8.05. The molecule has 58 heavy (non-hydrogen) atoms. The molecule has 1 N–H and O–H groups in total. The summed E-state index contributed by atoms with van der Waals surface area (Å²) < 4.78 is 5.06. The lowest BCUT2D eigenvalue weighted by atomic mass is 9.88. The van der Waals surface area contributed by atoms with Crippen molar-refractivity contribution in [1.29, 1.82) is 0 Å². The molecule has 0 spiro atoms. The molecule has 2 aliphatic rings. The minimum Gasteiger partial charge on any atom is -0.345 e. The molecule has 270 valence electrons. The quantitative estimate of drug-likeness (QED) is 0.175. The molecule has 0 saturated heterocycles. The molecule has 3 heterocycles. The second-order valence-corrected chi connectivity index (χ2v) is 16.5. The third kappa shape index (κ3) is 4.46. The molecule has 9 aromatic carbocycles. The van der Waals surface area contributed by atoms with Gasteiger partial charge in [0.1, 0.15) is 0 Å². The van der Waals surface area contributed by atoms with E-state index in [1.54, 1.807) is 0 Å². The highest BCUT2D eigenvalue weighted by Crippen LogP contribution is 2.48. The molecule has 0 amide bonds. The van der Waals surface area contributed by atoms with Gasteiger partial charge in [-0.15, -0.1) is 11.3 Å². The SMILES string of the molecule is C1=CC2=C(c3ccccc3)N=C(n3c4ccc5ccccc5c4c4c5c6ccccc6c(-c6ccc7sc8ccccc8c7c6)cc5c5ccccc5c43)NC2C=C1. The van der Waals surface area contributed by atoms with Gasteiger partial charge in [-0.05, 0) is 73.8 Å². The zero-order valence-electron chi connectivity index (χ0n) is 31.3. The second-order valence-electron chi connectivity index (χ2n) is 15.5. The minimum absolute atomic E-state index is 0.0199. The highest BCUT2D eigenvalue weighted by molar-refractivity contribution is 7.25. The summed E-state index contributed by atoms with van der Waals surface area (Å²) in [5, 5.41) is 18.9. The maximum Gasteiger partial charge on any atom is 0.209 e. The smallest absolute Gasteiger partial charge is 0.209 e. The van der Waals surface area contributed by atoms with Crippen molar-refractivity contribution in [2.45, 2.75) is 6.04 Å². The molecule has 1 atom stereocenters. The Bertz CT molecular complexity index is 3710. The molecule has 4 heteroatoms. The lowest BCUT2D eigenvalue weighted by Gasteiger charge is -2.29. The fourth-order valence-electron chi connectivity index (χ4n) is 9.87. The molecule has 1 unspecified atom stereocenters. The number of nitrogens with one attached hydrogen (secondary N) is 1. The summed E-state index contributed by atoms with van der Waals surface area (Å²) in [7, 11) is 0. The zero-order valence-corrected chi connectivity index (χ0v) is 32.1. The largest absolute Gasteiger partial charge is 0.345 e. The Kier molecular flexibility index (Phi) is 6.66. The molecule has 0 fully saturated rings. The van der Waals surface area contributed by atoms with Crippen LogP contribution in [0.5, 0.6) is 0 Å². The van der Waals surface area contributed by atoms with Gasteiger partial charge in [-0.1, -0.05) is 158 Å². The van der Waals surface area contributed by atoms with Gasteiger partial charge in [0.05, 0.1) is 22.8 Å². The van der Waals surface area contributed by atoms with Crippen molar-refractivity contribution in [1.82, 2.24) is 9.88 Å². The Hall–Kier alpha value is -7.27. The van der Waals surface area contributed by atoms with E-state index in [-0.39, 0.29) is 6.04 Å². The third-order valence-electron chi connectivity index (χ3n) is 12.4. The van der Waals surface area contributed by atoms with Gasteiger partial charge >= 0.3 is 0 Å². The Morgan fingerprint density at radius 1 is 0.500 bits per heavy atom. The van der Waals surface area contributed by atoms with Gasteiger partial charge < -0.3 is 5.32 Å². The van der Waals surface area contributed by atoms with Crippen LogP contribution in [0.3, 0.4) is 0 Å². The fraction of sp³-hybridized carbons (Fsp3) is 0.0185. The van der Waals surface area contributed by atoms with Crippen LogP contribution >= 0.6 is 11.3 Å². The Morgan fingerprint density at radius 3 is 2.10 bits per heavy atom. The molecule has 1 aliphatic heterocycles. The molecular weight excluding hydrogens is 723 g/mol. The van der Waals surface area contributed by atoms with Crippen molar-refractivity contribution in [2.75, 3.05) is 0 Å². The van der Waals surface area contributed by atoms with E-state index < -0.39 is 0 Å².